The summed E-state index contributed by atoms with van der Waals surface area (Å²) in [6, 6.07) is 2.79. The molecule has 0 radical (unpaired) electrons. The summed E-state index contributed by atoms with van der Waals surface area (Å²) in [4.78, 5) is 10.9. The van der Waals surface area contributed by atoms with E-state index in [0.29, 0.717) is 0 Å². The number of hydrogen-bond acceptors (Lipinski definition) is 1. The Bertz CT molecular complexity index is 468. The van der Waals surface area contributed by atoms with Crippen LogP contribution in [0.5, 0.6) is 0 Å². The third kappa shape index (κ3) is 3.04. The quantitative estimate of drug-likeness (QED) is 0.766. The number of alkyl halides is 5. The van der Waals surface area contributed by atoms with Crippen molar-refractivity contribution < 1.29 is 31.1 Å². The summed E-state index contributed by atoms with van der Waals surface area (Å²) in [6.07, 6.45) is -7.06. The molecule has 0 aromatic heterocycles. The Morgan fingerprint density at radius 3 is 2.17 bits per heavy atom. The average molecular weight is 335 g/mol. The second kappa shape index (κ2) is 4.91. The van der Waals surface area contributed by atoms with Gasteiger partial charge in [-0.1, -0.05) is 6.07 Å². The Labute approximate surface area is 106 Å². The third-order valence-electron chi connectivity index (χ3n) is 2.05. The summed E-state index contributed by atoms with van der Waals surface area (Å²) < 4.78 is 73.6. The second-order valence-corrected chi connectivity index (χ2v) is 4.27. The van der Waals surface area contributed by atoms with Crippen molar-refractivity contribution in [2.45, 2.75) is 18.5 Å². The van der Waals surface area contributed by atoms with Crippen LogP contribution in [0.3, 0.4) is 0 Å². The van der Waals surface area contributed by atoms with Gasteiger partial charge in [-0.2, -0.15) is 22.0 Å². The normalized spacial score (nSPS) is 12.6. The van der Waals surface area contributed by atoms with E-state index < -0.39 is 30.1 Å². The van der Waals surface area contributed by atoms with E-state index >= 15 is 0 Å². The van der Waals surface area contributed by atoms with Crippen molar-refractivity contribution in [3.05, 3.63) is 34.1 Å². The molecule has 0 aliphatic carbocycles. The molecule has 1 nitrogen and oxygen atoms in total. The smallest absolute Gasteiger partial charge is 0.292 e. The van der Waals surface area contributed by atoms with Crippen molar-refractivity contribution >= 4 is 21.7 Å². The van der Waals surface area contributed by atoms with E-state index in [1.807, 2.05) is 0 Å². The molecule has 0 atom stereocenters. The van der Waals surface area contributed by atoms with Crippen molar-refractivity contribution in [3.8, 4) is 0 Å². The van der Waals surface area contributed by atoms with Crippen LogP contribution in [0.1, 0.15) is 5.56 Å². The molecule has 1 aromatic rings. The highest BCUT2D eigenvalue weighted by Gasteiger charge is 2.62. The molecule has 0 saturated heterocycles. The van der Waals surface area contributed by atoms with Crippen LogP contribution in [0.2, 0.25) is 0 Å². The molecular formula is C10H5BrF6O. The van der Waals surface area contributed by atoms with Gasteiger partial charge in [0.05, 0.1) is 4.47 Å². The van der Waals surface area contributed by atoms with Gasteiger partial charge in [-0.05, 0) is 33.6 Å². The SMILES string of the molecule is O=C(Cc1ccc(F)c(Br)c1)C(F)(F)C(F)(F)F. The summed E-state index contributed by atoms with van der Waals surface area (Å²) in [5.41, 5.74) is -0.141. The van der Waals surface area contributed by atoms with Crippen LogP contribution >= 0.6 is 15.9 Å². The first-order valence-electron chi connectivity index (χ1n) is 4.47. The number of halogens is 7. The number of Topliss-reactive ketones (excluding diaryl/α,β-unsaturated/α-hetero) is 1. The third-order valence-corrected chi connectivity index (χ3v) is 2.66. The van der Waals surface area contributed by atoms with Gasteiger partial charge >= 0.3 is 12.1 Å². The molecule has 0 heterocycles. The number of ketones is 1. The molecule has 0 amide bonds. The van der Waals surface area contributed by atoms with Crippen molar-refractivity contribution in [1.82, 2.24) is 0 Å². The van der Waals surface area contributed by atoms with Crippen LogP contribution in [0.4, 0.5) is 26.3 Å². The fourth-order valence-corrected chi connectivity index (χ4v) is 1.53. The first kappa shape index (κ1) is 15.0. The van der Waals surface area contributed by atoms with Crippen molar-refractivity contribution in [2.24, 2.45) is 0 Å². The lowest BCUT2D eigenvalue weighted by molar-refractivity contribution is -0.268. The highest BCUT2D eigenvalue weighted by atomic mass is 79.9. The van der Waals surface area contributed by atoms with Gasteiger partial charge in [0, 0.05) is 6.42 Å². The predicted octanol–water partition coefficient (Wildman–Crippen LogP) is 3.90. The predicted molar refractivity (Wildman–Crippen MR) is 53.8 cm³/mol. The van der Waals surface area contributed by atoms with Gasteiger partial charge in [0.15, 0.2) is 0 Å². The first-order chi connectivity index (χ1) is 8.05. The summed E-state index contributed by atoms with van der Waals surface area (Å²) >= 11 is 2.73. The van der Waals surface area contributed by atoms with Crippen molar-refractivity contribution in [3.63, 3.8) is 0 Å². The largest absolute Gasteiger partial charge is 0.461 e. The molecule has 0 aliphatic rings. The summed E-state index contributed by atoms with van der Waals surface area (Å²) in [5.74, 6) is -8.41. The number of hydrogen-bond donors (Lipinski definition) is 0. The average Bonchev–Trinajstić information content (AvgIpc) is 2.21. The minimum absolute atomic E-state index is 0.122. The molecular weight excluding hydrogens is 330 g/mol. The number of benzene rings is 1. The maximum atomic E-state index is 12.8. The van der Waals surface area contributed by atoms with Crippen LogP contribution in [0.15, 0.2) is 22.7 Å². The molecule has 8 heteroatoms. The molecule has 0 aliphatic heterocycles. The maximum Gasteiger partial charge on any atom is 0.461 e. The van der Waals surface area contributed by atoms with Gasteiger partial charge in [0.1, 0.15) is 5.82 Å². The molecule has 1 rings (SSSR count). The van der Waals surface area contributed by atoms with Crippen LogP contribution in [0.25, 0.3) is 0 Å². The second-order valence-electron chi connectivity index (χ2n) is 3.42. The monoisotopic (exact) mass is 334 g/mol. The van der Waals surface area contributed by atoms with Gasteiger partial charge in [-0.3, -0.25) is 4.79 Å². The lowest BCUT2D eigenvalue weighted by Crippen LogP contribution is -2.44. The van der Waals surface area contributed by atoms with E-state index in [-0.39, 0.29) is 10.0 Å². The Morgan fingerprint density at radius 2 is 1.72 bits per heavy atom. The zero-order valence-electron chi connectivity index (χ0n) is 8.49. The molecule has 0 N–H and O–H groups in total. The number of carbonyl (C=O) groups excluding carboxylic acids is 1. The van der Waals surface area contributed by atoms with Crippen LogP contribution < -0.4 is 0 Å². The maximum absolute atomic E-state index is 12.8. The lowest BCUT2D eigenvalue weighted by Gasteiger charge is -2.18. The van der Waals surface area contributed by atoms with Crippen LogP contribution in [0, 0.1) is 5.82 Å². The minimum Gasteiger partial charge on any atom is -0.292 e. The number of carbonyl (C=O) groups is 1. The molecule has 18 heavy (non-hydrogen) atoms. The molecule has 0 bridgehead atoms. The Balaban J connectivity index is 2.91. The van der Waals surface area contributed by atoms with E-state index in [0.717, 1.165) is 18.2 Å². The van der Waals surface area contributed by atoms with E-state index in [2.05, 4.69) is 15.9 Å². The number of rotatable bonds is 3. The van der Waals surface area contributed by atoms with Crippen molar-refractivity contribution in [2.75, 3.05) is 0 Å². The van der Waals surface area contributed by atoms with Gasteiger partial charge in [0.2, 0.25) is 5.78 Å². The molecule has 1 aromatic carbocycles. The van der Waals surface area contributed by atoms with Gasteiger partial charge < -0.3 is 0 Å². The van der Waals surface area contributed by atoms with Gasteiger partial charge in [-0.15, -0.1) is 0 Å². The molecule has 0 fully saturated rings. The minimum atomic E-state index is -5.93. The van der Waals surface area contributed by atoms with Gasteiger partial charge in [-0.25, -0.2) is 4.39 Å². The van der Waals surface area contributed by atoms with E-state index in [4.69, 9.17) is 0 Å². The highest BCUT2D eigenvalue weighted by molar-refractivity contribution is 9.10. The molecule has 0 spiro atoms. The molecule has 0 unspecified atom stereocenters. The van der Waals surface area contributed by atoms with E-state index in [1.54, 1.807) is 0 Å². The van der Waals surface area contributed by atoms with E-state index in [1.165, 1.54) is 0 Å². The summed E-state index contributed by atoms with van der Waals surface area (Å²) in [7, 11) is 0. The molecule has 0 saturated carbocycles. The van der Waals surface area contributed by atoms with Crippen LogP contribution in [-0.2, 0) is 11.2 Å². The standard InChI is InChI=1S/C10H5BrF6O/c11-6-3-5(1-2-7(6)12)4-8(18)9(13,14)10(15,16)17/h1-3H,4H2. The Kier molecular flexibility index (Phi) is 4.09. The Hall–Kier alpha value is -1.05. The fourth-order valence-electron chi connectivity index (χ4n) is 1.10. The zero-order valence-corrected chi connectivity index (χ0v) is 10.1. The first-order valence-corrected chi connectivity index (χ1v) is 5.27. The summed E-state index contributed by atoms with van der Waals surface area (Å²) in [5, 5.41) is 0. The fraction of sp³-hybridized carbons (Fsp3) is 0.300. The highest BCUT2D eigenvalue weighted by Crippen LogP contribution is 2.37. The van der Waals surface area contributed by atoms with Gasteiger partial charge in [0.25, 0.3) is 0 Å². The van der Waals surface area contributed by atoms with E-state index in [9.17, 15) is 31.1 Å². The topological polar surface area (TPSA) is 17.1 Å². The zero-order chi connectivity index (χ0) is 14.1. The lowest BCUT2D eigenvalue weighted by atomic mass is 10.0. The molecule has 100 valence electrons. The Morgan fingerprint density at radius 1 is 1.17 bits per heavy atom. The summed E-state index contributed by atoms with van der Waals surface area (Å²) in [6.45, 7) is 0. The van der Waals surface area contributed by atoms with Crippen LogP contribution in [-0.4, -0.2) is 17.9 Å². The van der Waals surface area contributed by atoms with Crippen molar-refractivity contribution in [1.29, 1.82) is 0 Å².